The molecule has 0 atom stereocenters. The van der Waals surface area contributed by atoms with Gasteiger partial charge in [-0.25, -0.2) is 0 Å². The maximum Gasteiger partial charge on any atom is 0.234 e. The molecule has 4 rings (SSSR count). The minimum atomic E-state index is 0.420. The Labute approximate surface area is 188 Å². The van der Waals surface area contributed by atoms with Gasteiger partial charge < -0.3 is 20.3 Å². The molecule has 31 heavy (non-hydrogen) atoms. The van der Waals surface area contributed by atoms with Crippen LogP contribution in [-0.4, -0.2) is 28.2 Å². The third-order valence-electron chi connectivity index (χ3n) is 5.01. The second-order valence-corrected chi connectivity index (χ2v) is 8.38. The molecule has 2 aromatic carbocycles. The first-order chi connectivity index (χ1) is 15.1. The quantitative estimate of drug-likeness (QED) is 0.543. The first-order valence-electron chi connectivity index (χ1n) is 10.6. The fourth-order valence-electron chi connectivity index (χ4n) is 3.43. The number of hydrogen-bond acceptors (Lipinski definition) is 5. The first kappa shape index (κ1) is 21.1. The van der Waals surface area contributed by atoms with Gasteiger partial charge in [-0.05, 0) is 47.8 Å². The van der Waals surface area contributed by atoms with Gasteiger partial charge in [0.05, 0.1) is 0 Å². The van der Waals surface area contributed by atoms with Crippen LogP contribution in [0.5, 0.6) is 11.6 Å². The number of anilines is 2. The topological polar surface area (TPSA) is 62.3 Å². The Morgan fingerprint density at radius 3 is 2.58 bits per heavy atom. The van der Waals surface area contributed by atoms with Gasteiger partial charge in [0.2, 0.25) is 11.8 Å². The molecule has 6 nitrogen and oxygen atoms in total. The molecule has 0 aliphatic carbocycles. The van der Waals surface area contributed by atoms with Crippen LogP contribution >= 0.6 is 12.2 Å². The lowest BCUT2D eigenvalue weighted by Gasteiger charge is -2.30. The second-order valence-electron chi connectivity index (χ2n) is 7.97. The maximum atomic E-state index is 6.02. The Bertz CT molecular complexity index is 1040. The van der Waals surface area contributed by atoms with E-state index in [2.05, 4.69) is 58.6 Å². The second kappa shape index (κ2) is 9.75. The number of thiocarbonyl (C=S) groups is 1. The van der Waals surface area contributed by atoms with Crippen molar-refractivity contribution in [3.8, 4) is 11.6 Å². The largest absolute Gasteiger partial charge is 0.439 e. The predicted molar refractivity (Wildman–Crippen MR) is 129 cm³/mol. The number of ether oxygens (including phenoxy) is 1. The number of fused-ring (bicyclic) bond motifs is 1. The third-order valence-corrected chi connectivity index (χ3v) is 5.25. The Hall–Kier alpha value is -3.19. The van der Waals surface area contributed by atoms with Crippen molar-refractivity contribution in [2.75, 3.05) is 23.3 Å². The van der Waals surface area contributed by atoms with Crippen LogP contribution in [0, 0.1) is 5.92 Å². The van der Waals surface area contributed by atoms with Gasteiger partial charge in [-0.1, -0.05) is 56.3 Å². The van der Waals surface area contributed by atoms with Crippen LogP contribution in [0.2, 0.25) is 0 Å². The van der Waals surface area contributed by atoms with E-state index in [0.29, 0.717) is 22.9 Å². The first-order valence-corrected chi connectivity index (χ1v) is 11.0. The molecule has 1 aliphatic rings. The van der Waals surface area contributed by atoms with Crippen molar-refractivity contribution in [2.45, 2.75) is 26.8 Å². The molecule has 0 radical (unpaired) electrons. The minimum absolute atomic E-state index is 0.420. The smallest absolute Gasteiger partial charge is 0.234 e. The normalized spacial score (nSPS) is 12.9. The van der Waals surface area contributed by atoms with E-state index in [9.17, 15) is 0 Å². The van der Waals surface area contributed by atoms with E-state index in [1.807, 2.05) is 36.4 Å². The number of nitrogens with zero attached hydrogens (tertiary/aromatic N) is 3. The van der Waals surface area contributed by atoms with Crippen molar-refractivity contribution in [2.24, 2.45) is 5.92 Å². The van der Waals surface area contributed by atoms with E-state index in [-0.39, 0.29) is 0 Å². The molecule has 0 bridgehead atoms. The van der Waals surface area contributed by atoms with Crippen LogP contribution in [0.4, 0.5) is 11.8 Å². The SMILES string of the molecule is CC(C)CNC(=S)Nc1nc(Oc2ccccc2)cc(N2CCc3ccccc3C2)n1. The molecule has 7 heteroatoms. The molecule has 0 unspecified atom stereocenters. The number of nitrogens with one attached hydrogen (secondary N) is 2. The number of aromatic nitrogens is 2. The maximum absolute atomic E-state index is 6.02. The molecule has 2 heterocycles. The summed E-state index contributed by atoms with van der Waals surface area (Å²) >= 11 is 5.42. The van der Waals surface area contributed by atoms with Crippen molar-refractivity contribution in [3.63, 3.8) is 0 Å². The number of benzene rings is 2. The Morgan fingerprint density at radius 2 is 1.81 bits per heavy atom. The van der Waals surface area contributed by atoms with E-state index in [4.69, 9.17) is 21.9 Å². The molecule has 0 amide bonds. The van der Waals surface area contributed by atoms with Gasteiger partial charge in [0.25, 0.3) is 0 Å². The van der Waals surface area contributed by atoms with Crippen LogP contribution < -0.4 is 20.3 Å². The number of rotatable bonds is 6. The zero-order valence-corrected chi connectivity index (χ0v) is 18.7. The Kier molecular flexibility index (Phi) is 6.62. The van der Waals surface area contributed by atoms with Gasteiger partial charge in [0, 0.05) is 25.7 Å². The van der Waals surface area contributed by atoms with Crippen molar-refractivity contribution < 1.29 is 4.74 Å². The molecular formula is C24H27N5OS. The van der Waals surface area contributed by atoms with Gasteiger partial charge >= 0.3 is 0 Å². The summed E-state index contributed by atoms with van der Waals surface area (Å²) in [5.41, 5.74) is 2.72. The molecule has 0 spiro atoms. The molecule has 160 valence electrons. The zero-order valence-electron chi connectivity index (χ0n) is 17.8. The summed E-state index contributed by atoms with van der Waals surface area (Å²) in [4.78, 5) is 11.5. The van der Waals surface area contributed by atoms with Crippen molar-refractivity contribution in [3.05, 3.63) is 71.8 Å². The molecule has 0 saturated heterocycles. The molecule has 0 saturated carbocycles. The Morgan fingerprint density at radius 1 is 1.06 bits per heavy atom. The van der Waals surface area contributed by atoms with Crippen molar-refractivity contribution >= 4 is 29.1 Å². The molecular weight excluding hydrogens is 406 g/mol. The van der Waals surface area contributed by atoms with Crippen molar-refractivity contribution in [1.82, 2.24) is 15.3 Å². The molecule has 2 N–H and O–H groups in total. The molecule has 1 aliphatic heterocycles. The standard InChI is InChI=1S/C24H27N5OS/c1-17(2)15-25-24(31)28-23-26-21(14-22(27-23)30-20-10-4-3-5-11-20)29-13-12-18-8-6-7-9-19(18)16-29/h3-11,14,17H,12-13,15-16H2,1-2H3,(H2,25,26,27,28,31). The summed E-state index contributed by atoms with van der Waals surface area (Å²) in [6.45, 7) is 6.73. The van der Waals surface area contributed by atoms with Crippen LogP contribution in [0.3, 0.4) is 0 Å². The predicted octanol–water partition coefficient (Wildman–Crippen LogP) is 4.77. The van der Waals surface area contributed by atoms with Gasteiger partial charge in [0.1, 0.15) is 11.6 Å². The van der Waals surface area contributed by atoms with E-state index in [1.165, 1.54) is 11.1 Å². The van der Waals surface area contributed by atoms with Crippen LogP contribution in [0.1, 0.15) is 25.0 Å². The average molecular weight is 434 g/mol. The lowest BCUT2D eigenvalue weighted by molar-refractivity contribution is 0.462. The van der Waals surface area contributed by atoms with Gasteiger partial charge in [0.15, 0.2) is 5.11 Å². The molecule has 1 aromatic heterocycles. The van der Waals surface area contributed by atoms with E-state index in [0.717, 1.165) is 37.6 Å². The fourth-order valence-corrected chi connectivity index (χ4v) is 3.60. The van der Waals surface area contributed by atoms with Crippen LogP contribution in [0.25, 0.3) is 0 Å². The van der Waals surface area contributed by atoms with Crippen LogP contribution in [-0.2, 0) is 13.0 Å². The summed E-state index contributed by atoms with van der Waals surface area (Å²) < 4.78 is 6.02. The lowest BCUT2D eigenvalue weighted by atomic mass is 10.00. The highest BCUT2D eigenvalue weighted by atomic mass is 32.1. The average Bonchev–Trinajstić information content (AvgIpc) is 2.78. The third kappa shape index (κ3) is 5.70. The lowest BCUT2D eigenvalue weighted by Crippen LogP contribution is -2.33. The monoisotopic (exact) mass is 433 g/mol. The highest BCUT2D eigenvalue weighted by molar-refractivity contribution is 7.80. The number of hydrogen-bond donors (Lipinski definition) is 2. The molecule has 3 aromatic rings. The summed E-state index contributed by atoms with van der Waals surface area (Å²) in [5.74, 6) is 2.91. The van der Waals surface area contributed by atoms with E-state index in [1.54, 1.807) is 0 Å². The van der Waals surface area contributed by atoms with E-state index >= 15 is 0 Å². The molecule has 0 fully saturated rings. The van der Waals surface area contributed by atoms with Gasteiger partial charge in [-0.15, -0.1) is 0 Å². The zero-order chi connectivity index (χ0) is 21.6. The highest BCUT2D eigenvalue weighted by Gasteiger charge is 2.19. The minimum Gasteiger partial charge on any atom is -0.439 e. The van der Waals surface area contributed by atoms with E-state index < -0.39 is 0 Å². The van der Waals surface area contributed by atoms with Gasteiger partial charge in [-0.3, -0.25) is 0 Å². The fraction of sp³-hybridized carbons (Fsp3) is 0.292. The number of para-hydroxylation sites is 1. The van der Waals surface area contributed by atoms with Crippen molar-refractivity contribution in [1.29, 1.82) is 0 Å². The Balaban J connectivity index is 1.59. The summed E-state index contributed by atoms with van der Waals surface area (Å²) in [6.07, 6.45) is 0.978. The summed E-state index contributed by atoms with van der Waals surface area (Å²) in [5, 5.41) is 6.81. The highest BCUT2D eigenvalue weighted by Crippen LogP contribution is 2.28. The van der Waals surface area contributed by atoms with Crippen LogP contribution in [0.15, 0.2) is 60.7 Å². The summed E-state index contributed by atoms with van der Waals surface area (Å²) in [7, 11) is 0. The van der Waals surface area contributed by atoms with Gasteiger partial charge in [-0.2, -0.15) is 9.97 Å². The summed E-state index contributed by atoms with van der Waals surface area (Å²) in [6, 6.07) is 20.1.